The van der Waals surface area contributed by atoms with Crippen molar-refractivity contribution < 1.29 is 9.53 Å². The second-order valence-corrected chi connectivity index (χ2v) is 4.84. The summed E-state index contributed by atoms with van der Waals surface area (Å²) < 4.78 is 5.19. The maximum absolute atomic E-state index is 12.3. The van der Waals surface area contributed by atoms with Crippen molar-refractivity contribution in [2.24, 2.45) is 0 Å². The second-order valence-electron chi connectivity index (χ2n) is 4.84. The molecule has 0 spiro atoms. The van der Waals surface area contributed by atoms with Crippen LogP contribution in [0.1, 0.15) is 21.9 Å². The minimum Gasteiger partial charge on any atom is -0.497 e. The van der Waals surface area contributed by atoms with E-state index in [0.717, 1.165) is 22.2 Å². The van der Waals surface area contributed by atoms with Gasteiger partial charge in [-0.25, -0.2) is 9.89 Å². The maximum atomic E-state index is 12.3. The molecule has 0 fully saturated rings. The van der Waals surface area contributed by atoms with E-state index in [1.165, 1.54) is 0 Å². The van der Waals surface area contributed by atoms with Gasteiger partial charge in [0.1, 0.15) is 17.3 Å². The van der Waals surface area contributed by atoms with Crippen LogP contribution in [0.2, 0.25) is 0 Å². The number of hydrogen-bond donors (Lipinski definition) is 4. The van der Waals surface area contributed by atoms with Crippen molar-refractivity contribution >= 4 is 16.8 Å². The van der Waals surface area contributed by atoms with Gasteiger partial charge in [-0.1, -0.05) is 0 Å². The molecule has 0 aliphatic rings. The highest BCUT2D eigenvalue weighted by molar-refractivity contribution is 6.01. The smallest absolute Gasteiger partial charge is 0.340 e. The SMILES string of the molecule is COc1ccc2[nH]c(C(=O)NCc3n[nH]c(=O)[nH]3)c(C)c2c1. The fourth-order valence-corrected chi connectivity index (χ4v) is 2.30. The number of H-pyrrole nitrogens is 3. The monoisotopic (exact) mass is 301 g/mol. The fraction of sp³-hybridized carbons (Fsp3) is 0.214. The van der Waals surface area contributed by atoms with Gasteiger partial charge in [-0.05, 0) is 30.7 Å². The lowest BCUT2D eigenvalue weighted by Gasteiger charge is -2.02. The largest absolute Gasteiger partial charge is 0.497 e. The quantitative estimate of drug-likeness (QED) is 0.571. The predicted octanol–water partition coefficient (Wildman–Crippen LogP) is 0.826. The summed E-state index contributed by atoms with van der Waals surface area (Å²) in [6.45, 7) is 2.00. The zero-order valence-electron chi connectivity index (χ0n) is 12.1. The van der Waals surface area contributed by atoms with Gasteiger partial charge in [0, 0.05) is 10.9 Å². The number of nitrogens with zero attached hydrogens (tertiary/aromatic N) is 1. The van der Waals surface area contributed by atoms with Crippen molar-refractivity contribution in [1.82, 2.24) is 25.5 Å². The Morgan fingerprint density at radius 1 is 1.36 bits per heavy atom. The third-order valence-corrected chi connectivity index (χ3v) is 3.46. The molecule has 0 aliphatic heterocycles. The Bertz CT molecular complexity index is 889. The number of amides is 1. The summed E-state index contributed by atoms with van der Waals surface area (Å²) in [6.07, 6.45) is 0. The first-order valence-electron chi connectivity index (χ1n) is 6.66. The number of benzene rings is 1. The van der Waals surface area contributed by atoms with Gasteiger partial charge in [-0.15, -0.1) is 0 Å². The van der Waals surface area contributed by atoms with E-state index in [1.54, 1.807) is 7.11 Å². The topological polar surface area (TPSA) is 116 Å². The molecule has 2 aromatic heterocycles. The summed E-state index contributed by atoms with van der Waals surface area (Å²) in [5.74, 6) is 0.834. The Labute approximate surface area is 124 Å². The molecule has 0 saturated heterocycles. The van der Waals surface area contributed by atoms with Crippen molar-refractivity contribution in [2.75, 3.05) is 7.11 Å². The van der Waals surface area contributed by atoms with Gasteiger partial charge < -0.3 is 15.0 Å². The van der Waals surface area contributed by atoms with Crippen LogP contribution in [0.5, 0.6) is 5.75 Å². The molecule has 8 nitrogen and oxygen atoms in total. The number of carbonyl (C=O) groups is 1. The van der Waals surface area contributed by atoms with E-state index in [2.05, 4.69) is 25.5 Å². The molecule has 0 bridgehead atoms. The molecule has 3 rings (SSSR count). The van der Waals surface area contributed by atoms with Gasteiger partial charge in [0.2, 0.25) is 0 Å². The fourth-order valence-electron chi connectivity index (χ4n) is 2.30. The summed E-state index contributed by atoms with van der Waals surface area (Å²) in [5.41, 5.74) is 1.76. The molecule has 8 heteroatoms. The molecule has 114 valence electrons. The van der Waals surface area contributed by atoms with E-state index >= 15 is 0 Å². The van der Waals surface area contributed by atoms with Crippen LogP contribution in [0.15, 0.2) is 23.0 Å². The Kier molecular flexibility index (Phi) is 3.42. The van der Waals surface area contributed by atoms with Crippen LogP contribution in [0.25, 0.3) is 10.9 Å². The Balaban J connectivity index is 1.84. The number of nitrogens with one attached hydrogen (secondary N) is 4. The average Bonchev–Trinajstić information content (AvgIpc) is 3.08. The van der Waals surface area contributed by atoms with Gasteiger partial charge in [-0.3, -0.25) is 9.78 Å². The number of methoxy groups -OCH3 is 1. The highest BCUT2D eigenvalue weighted by Gasteiger charge is 2.15. The van der Waals surface area contributed by atoms with Crippen molar-refractivity contribution in [3.05, 3.63) is 45.8 Å². The summed E-state index contributed by atoms with van der Waals surface area (Å²) in [4.78, 5) is 28.8. The number of ether oxygens (including phenoxy) is 1. The predicted molar refractivity (Wildman–Crippen MR) is 80.0 cm³/mol. The van der Waals surface area contributed by atoms with Crippen LogP contribution in [0, 0.1) is 6.92 Å². The Hall–Kier alpha value is -3.03. The summed E-state index contributed by atoms with van der Waals surface area (Å²) in [7, 11) is 1.60. The molecule has 0 radical (unpaired) electrons. The Morgan fingerprint density at radius 2 is 2.18 bits per heavy atom. The first-order chi connectivity index (χ1) is 10.6. The van der Waals surface area contributed by atoms with E-state index in [9.17, 15) is 9.59 Å². The molecule has 0 aliphatic carbocycles. The van der Waals surface area contributed by atoms with Gasteiger partial charge in [0.15, 0.2) is 0 Å². The second kappa shape index (κ2) is 5.40. The van der Waals surface area contributed by atoms with Crippen LogP contribution in [-0.4, -0.2) is 33.2 Å². The highest BCUT2D eigenvalue weighted by Crippen LogP contribution is 2.25. The lowest BCUT2D eigenvalue weighted by molar-refractivity contribution is 0.0945. The van der Waals surface area contributed by atoms with Gasteiger partial charge >= 0.3 is 5.69 Å². The number of hydrogen-bond acceptors (Lipinski definition) is 4. The molecule has 0 saturated carbocycles. The lowest BCUT2D eigenvalue weighted by Crippen LogP contribution is -2.24. The number of aromatic amines is 3. The average molecular weight is 301 g/mol. The van der Waals surface area contributed by atoms with Crippen molar-refractivity contribution in [1.29, 1.82) is 0 Å². The summed E-state index contributed by atoms with van der Waals surface area (Å²) in [6, 6.07) is 5.57. The van der Waals surface area contributed by atoms with E-state index in [4.69, 9.17) is 4.74 Å². The minimum absolute atomic E-state index is 0.135. The standard InChI is InChI=1S/C14H15N5O3/c1-7-9-5-8(22-2)3-4-10(9)16-12(7)13(20)15-6-11-17-14(21)19-18-11/h3-5,16H,6H2,1-2H3,(H,15,20)(H2,17,18,19,21). The van der Waals surface area contributed by atoms with Crippen molar-refractivity contribution in [3.8, 4) is 5.75 Å². The molecule has 3 aromatic rings. The molecule has 1 aromatic carbocycles. The van der Waals surface area contributed by atoms with E-state index in [1.807, 2.05) is 25.1 Å². The minimum atomic E-state index is -0.405. The van der Waals surface area contributed by atoms with Crippen molar-refractivity contribution in [3.63, 3.8) is 0 Å². The first-order valence-corrected chi connectivity index (χ1v) is 6.66. The lowest BCUT2D eigenvalue weighted by atomic mass is 10.1. The Morgan fingerprint density at radius 3 is 2.86 bits per heavy atom. The van der Waals surface area contributed by atoms with Crippen LogP contribution in [0.3, 0.4) is 0 Å². The highest BCUT2D eigenvalue weighted by atomic mass is 16.5. The number of aromatic nitrogens is 4. The third kappa shape index (κ3) is 2.46. The maximum Gasteiger partial charge on any atom is 0.340 e. The normalized spacial score (nSPS) is 10.8. The zero-order valence-corrected chi connectivity index (χ0v) is 12.1. The first kappa shape index (κ1) is 13.9. The van der Waals surface area contributed by atoms with E-state index < -0.39 is 5.69 Å². The van der Waals surface area contributed by atoms with Crippen LogP contribution in [0.4, 0.5) is 0 Å². The van der Waals surface area contributed by atoms with Crippen LogP contribution < -0.4 is 15.7 Å². The molecule has 1 amide bonds. The number of carbonyl (C=O) groups excluding carboxylic acids is 1. The molecule has 0 atom stereocenters. The molecular formula is C14H15N5O3. The molecular weight excluding hydrogens is 286 g/mol. The molecule has 4 N–H and O–H groups in total. The van der Waals surface area contributed by atoms with Crippen LogP contribution in [-0.2, 0) is 6.54 Å². The molecule has 2 heterocycles. The van der Waals surface area contributed by atoms with E-state index in [-0.39, 0.29) is 12.5 Å². The summed E-state index contributed by atoms with van der Waals surface area (Å²) in [5, 5.41) is 9.61. The number of rotatable bonds is 4. The molecule has 22 heavy (non-hydrogen) atoms. The zero-order chi connectivity index (χ0) is 15.7. The third-order valence-electron chi connectivity index (χ3n) is 3.46. The van der Waals surface area contributed by atoms with E-state index in [0.29, 0.717) is 11.5 Å². The number of aryl methyl sites for hydroxylation is 1. The molecule has 0 unspecified atom stereocenters. The number of fused-ring (bicyclic) bond motifs is 1. The van der Waals surface area contributed by atoms with Gasteiger partial charge in [0.25, 0.3) is 5.91 Å². The van der Waals surface area contributed by atoms with Gasteiger partial charge in [-0.2, -0.15) is 5.10 Å². The van der Waals surface area contributed by atoms with Gasteiger partial charge in [0.05, 0.1) is 13.7 Å². The van der Waals surface area contributed by atoms with Crippen LogP contribution >= 0.6 is 0 Å². The van der Waals surface area contributed by atoms with Crippen molar-refractivity contribution in [2.45, 2.75) is 13.5 Å². The summed E-state index contributed by atoms with van der Waals surface area (Å²) >= 11 is 0.